The van der Waals surface area contributed by atoms with Gasteiger partial charge in [0.1, 0.15) is 0 Å². The summed E-state index contributed by atoms with van der Waals surface area (Å²) < 4.78 is 42.5. The van der Waals surface area contributed by atoms with E-state index in [0.717, 1.165) is 6.54 Å². The van der Waals surface area contributed by atoms with E-state index >= 15 is 0 Å². The van der Waals surface area contributed by atoms with E-state index in [9.17, 15) is 13.2 Å². The molecule has 0 aromatic heterocycles. The lowest BCUT2D eigenvalue weighted by Gasteiger charge is -2.29. The second-order valence-corrected chi connectivity index (χ2v) is 4.14. The van der Waals surface area contributed by atoms with Crippen LogP contribution in [0.2, 0.25) is 0 Å². The first-order valence-corrected chi connectivity index (χ1v) is 5.40. The van der Waals surface area contributed by atoms with Crippen molar-refractivity contribution in [1.29, 1.82) is 5.26 Å². The Bertz CT molecular complexity index is 271. The van der Waals surface area contributed by atoms with Gasteiger partial charge in [0.25, 0.3) is 0 Å². The maximum absolute atomic E-state index is 12.4. The maximum atomic E-state index is 12.4. The van der Waals surface area contributed by atoms with Crippen LogP contribution in [0.4, 0.5) is 13.2 Å². The van der Waals surface area contributed by atoms with Crippen molar-refractivity contribution in [2.45, 2.75) is 12.3 Å². The predicted octanol–water partition coefficient (Wildman–Crippen LogP) is 0.609. The summed E-state index contributed by atoms with van der Waals surface area (Å²) in [6, 6.07) is 1.29. The molecule has 0 radical (unpaired) electrons. The van der Waals surface area contributed by atoms with Crippen LogP contribution < -0.4 is 5.32 Å². The molecule has 17 heavy (non-hydrogen) atoms. The van der Waals surface area contributed by atoms with Crippen LogP contribution in [-0.4, -0.2) is 57.0 Å². The molecule has 1 heterocycles. The first kappa shape index (κ1) is 14.2. The van der Waals surface area contributed by atoms with Crippen molar-refractivity contribution in [3.05, 3.63) is 0 Å². The van der Waals surface area contributed by atoms with Gasteiger partial charge in [0.15, 0.2) is 5.92 Å². The molecule has 1 saturated heterocycles. The third-order valence-electron chi connectivity index (χ3n) is 2.56. The number of nitrogens with zero attached hydrogens (tertiary/aromatic N) is 2. The number of halogens is 3. The molecule has 0 aliphatic carbocycles. The first-order chi connectivity index (χ1) is 7.93. The molecule has 1 aliphatic heterocycles. The van der Waals surface area contributed by atoms with Crippen molar-refractivity contribution in [2.75, 3.05) is 39.8 Å². The number of ether oxygens (including phenoxy) is 1. The quantitative estimate of drug-likeness (QED) is 0.795. The van der Waals surface area contributed by atoms with Crippen LogP contribution in [0, 0.1) is 17.2 Å². The molecule has 0 bridgehead atoms. The SMILES string of the molecule is CN(CC1CNCCO1)CC(C#N)C(F)(F)F. The minimum atomic E-state index is -4.46. The van der Waals surface area contributed by atoms with Crippen LogP contribution in [0.1, 0.15) is 0 Å². The van der Waals surface area contributed by atoms with Crippen LogP contribution in [-0.2, 0) is 4.74 Å². The van der Waals surface area contributed by atoms with Crippen LogP contribution >= 0.6 is 0 Å². The smallest absolute Gasteiger partial charge is 0.374 e. The molecular formula is C10H16F3N3O. The summed E-state index contributed by atoms with van der Waals surface area (Å²) in [5.74, 6) is -1.94. The molecule has 0 saturated carbocycles. The summed E-state index contributed by atoms with van der Waals surface area (Å²) >= 11 is 0. The van der Waals surface area contributed by atoms with E-state index in [4.69, 9.17) is 10.00 Å². The molecule has 1 N–H and O–H groups in total. The lowest BCUT2D eigenvalue weighted by Crippen LogP contribution is -2.46. The lowest BCUT2D eigenvalue weighted by molar-refractivity contribution is -0.163. The van der Waals surface area contributed by atoms with E-state index in [1.807, 2.05) is 0 Å². The molecule has 0 amide bonds. The largest absolute Gasteiger partial charge is 0.405 e. The fourth-order valence-electron chi connectivity index (χ4n) is 1.69. The minimum absolute atomic E-state index is 0.110. The number of hydrogen-bond acceptors (Lipinski definition) is 4. The highest BCUT2D eigenvalue weighted by atomic mass is 19.4. The van der Waals surface area contributed by atoms with Gasteiger partial charge >= 0.3 is 6.18 Å². The van der Waals surface area contributed by atoms with E-state index in [2.05, 4.69) is 5.32 Å². The van der Waals surface area contributed by atoms with Gasteiger partial charge in [0, 0.05) is 26.2 Å². The molecule has 0 spiro atoms. The molecular weight excluding hydrogens is 235 g/mol. The van der Waals surface area contributed by atoms with Crippen molar-refractivity contribution in [3.8, 4) is 6.07 Å². The standard InChI is InChI=1S/C10H16F3N3O/c1-16(6-8(4-14)10(11,12)13)7-9-5-15-2-3-17-9/h8-9,15H,2-3,5-7H2,1H3. The Kier molecular flexibility index (Phi) is 5.18. The highest BCUT2D eigenvalue weighted by Crippen LogP contribution is 2.26. The zero-order valence-corrected chi connectivity index (χ0v) is 9.63. The second-order valence-electron chi connectivity index (χ2n) is 4.14. The van der Waals surface area contributed by atoms with Gasteiger partial charge < -0.3 is 15.0 Å². The van der Waals surface area contributed by atoms with E-state index < -0.39 is 12.1 Å². The van der Waals surface area contributed by atoms with Crippen molar-refractivity contribution in [2.24, 2.45) is 5.92 Å². The predicted molar refractivity (Wildman–Crippen MR) is 55.3 cm³/mol. The number of likely N-dealkylation sites (N-methyl/N-ethyl adjacent to an activating group) is 1. The van der Waals surface area contributed by atoms with Crippen LogP contribution in [0.5, 0.6) is 0 Å². The average Bonchev–Trinajstić information content (AvgIpc) is 2.25. The molecule has 7 heteroatoms. The number of rotatable bonds is 4. The fraction of sp³-hybridized carbons (Fsp3) is 0.900. The Morgan fingerprint density at radius 2 is 2.29 bits per heavy atom. The fourth-order valence-corrected chi connectivity index (χ4v) is 1.69. The topological polar surface area (TPSA) is 48.3 Å². The molecule has 2 unspecified atom stereocenters. The normalized spacial score (nSPS) is 23.4. The van der Waals surface area contributed by atoms with Crippen molar-refractivity contribution in [1.82, 2.24) is 10.2 Å². The van der Waals surface area contributed by atoms with Gasteiger partial charge in [-0.25, -0.2) is 0 Å². The molecule has 2 atom stereocenters. The summed E-state index contributed by atoms with van der Waals surface area (Å²) in [6.45, 7) is 2.04. The zero-order valence-electron chi connectivity index (χ0n) is 9.63. The van der Waals surface area contributed by atoms with Gasteiger partial charge in [-0.15, -0.1) is 0 Å². The summed E-state index contributed by atoms with van der Waals surface area (Å²) in [7, 11) is 1.56. The third kappa shape index (κ3) is 4.89. The minimum Gasteiger partial charge on any atom is -0.374 e. The maximum Gasteiger partial charge on any atom is 0.405 e. The molecule has 0 aromatic carbocycles. The molecule has 1 rings (SSSR count). The van der Waals surface area contributed by atoms with Crippen LogP contribution in [0.15, 0.2) is 0 Å². The van der Waals surface area contributed by atoms with E-state index in [1.165, 1.54) is 11.0 Å². The Morgan fingerprint density at radius 1 is 1.59 bits per heavy atom. The molecule has 1 fully saturated rings. The van der Waals surface area contributed by atoms with Crippen molar-refractivity contribution < 1.29 is 17.9 Å². The molecule has 1 aliphatic rings. The number of nitrogens with one attached hydrogen (secondary N) is 1. The number of nitriles is 1. The molecule has 98 valence electrons. The monoisotopic (exact) mass is 251 g/mol. The Morgan fingerprint density at radius 3 is 2.76 bits per heavy atom. The van der Waals surface area contributed by atoms with E-state index in [0.29, 0.717) is 19.7 Å². The average molecular weight is 251 g/mol. The highest BCUT2D eigenvalue weighted by Gasteiger charge is 2.40. The molecule has 4 nitrogen and oxygen atoms in total. The van der Waals surface area contributed by atoms with Gasteiger partial charge in [0.05, 0.1) is 18.8 Å². The Balaban J connectivity index is 2.37. The van der Waals surface area contributed by atoms with Crippen LogP contribution in [0.3, 0.4) is 0 Å². The van der Waals surface area contributed by atoms with E-state index in [1.54, 1.807) is 7.05 Å². The summed E-state index contributed by atoms with van der Waals surface area (Å²) in [5.41, 5.74) is 0. The Hall–Kier alpha value is -0.840. The van der Waals surface area contributed by atoms with Gasteiger partial charge in [-0.2, -0.15) is 18.4 Å². The molecule has 0 aromatic rings. The van der Waals surface area contributed by atoms with E-state index in [-0.39, 0.29) is 12.6 Å². The second kappa shape index (κ2) is 6.19. The van der Waals surface area contributed by atoms with Crippen molar-refractivity contribution >= 4 is 0 Å². The highest BCUT2D eigenvalue weighted by molar-refractivity contribution is 4.90. The van der Waals surface area contributed by atoms with Gasteiger partial charge in [0.2, 0.25) is 0 Å². The third-order valence-corrected chi connectivity index (χ3v) is 2.56. The van der Waals surface area contributed by atoms with Crippen molar-refractivity contribution in [3.63, 3.8) is 0 Å². The summed E-state index contributed by atoms with van der Waals surface area (Å²) in [6.07, 6.45) is -4.57. The lowest BCUT2D eigenvalue weighted by atomic mass is 10.1. The number of hydrogen-bond donors (Lipinski definition) is 1. The van der Waals surface area contributed by atoms with Gasteiger partial charge in [-0.3, -0.25) is 0 Å². The Labute approximate surface area is 98.3 Å². The number of alkyl halides is 3. The first-order valence-electron chi connectivity index (χ1n) is 5.40. The van der Waals surface area contributed by atoms with Gasteiger partial charge in [-0.1, -0.05) is 0 Å². The zero-order chi connectivity index (χ0) is 12.9. The number of morpholine rings is 1. The summed E-state index contributed by atoms with van der Waals surface area (Å²) in [5, 5.41) is 11.6. The van der Waals surface area contributed by atoms with Crippen LogP contribution in [0.25, 0.3) is 0 Å². The van der Waals surface area contributed by atoms with Gasteiger partial charge in [-0.05, 0) is 7.05 Å². The summed E-state index contributed by atoms with van der Waals surface area (Å²) in [4.78, 5) is 1.49.